The lowest BCUT2D eigenvalue weighted by Gasteiger charge is -2.15. The first-order valence-corrected chi connectivity index (χ1v) is 10.2. The van der Waals surface area contributed by atoms with Gasteiger partial charge in [0.05, 0.1) is 13.5 Å². The van der Waals surface area contributed by atoms with Crippen molar-refractivity contribution in [3.63, 3.8) is 0 Å². The summed E-state index contributed by atoms with van der Waals surface area (Å²) >= 11 is 6.26. The van der Waals surface area contributed by atoms with Crippen LogP contribution < -0.4 is 10.5 Å². The summed E-state index contributed by atoms with van der Waals surface area (Å²) in [6.07, 6.45) is 0.704. The highest BCUT2D eigenvalue weighted by Crippen LogP contribution is 2.29. The van der Waals surface area contributed by atoms with E-state index in [1.807, 2.05) is 43.3 Å². The molecule has 0 fully saturated rings. The topological polar surface area (TPSA) is 78.6 Å². The molecule has 3 aromatic rings. The van der Waals surface area contributed by atoms with Crippen molar-refractivity contribution in [3.05, 3.63) is 87.9 Å². The number of aldehydes is 1. The Morgan fingerprint density at radius 1 is 1.13 bits per heavy atom. The number of hydrogen-bond donors (Lipinski definition) is 1. The van der Waals surface area contributed by atoms with E-state index in [9.17, 15) is 9.59 Å². The van der Waals surface area contributed by atoms with Crippen molar-refractivity contribution in [3.8, 4) is 16.9 Å². The van der Waals surface area contributed by atoms with Crippen LogP contribution >= 0.6 is 11.6 Å². The summed E-state index contributed by atoms with van der Waals surface area (Å²) in [7, 11) is 1.30. The Kier molecular flexibility index (Phi) is 7.45. The highest BCUT2D eigenvalue weighted by molar-refractivity contribution is 6.31. The molecule has 0 heterocycles. The van der Waals surface area contributed by atoms with Gasteiger partial charge in [0.2, 0.25) is 0 Å². The highest BCUT2D eigenvalue weighted by atomic mass is 35.5. The third-order valence-electron chi connectivity index (χ3n) is 5.11. The zero-order chi connectivity index (χ0) is 22.4. The Labute approximate surface area is 186 Å². The molecule has 3 rings (SSSR count). The van der Waals surface area contributed by atoms with Crippen LogP contribution in [0.2, 0.25) is 5.02 Å². The largest absolute Gasteiger partial charge is 0.489 e. The molecule has 0 saturated heterocycles. The molecule has 0 aliphatic rings. The quantitative estimate of drug-likeness (QED) is 0.383. The van der Waals surface area contributed by atoms with Crippen LogP contribution in [0.1, 0.15) is 39.5 Å². The lowest BCUT2D eigenvalue weighted by Crippen LogP contribution is -2.17. The Morgan fingerprint density at radius 3 is 2.65 bits per heavy atom. The number of methoxy groups -OCH3 is 1. The maximum absolute atomic E-state index is 11.5. The molecular formula is C25H24ClNO4. The predicted octanol–water partition coefficient (Wildman–Crippen LogP) is 5.27. The molecule has 0 spiro atoms. The second-order valence-electron chi connectivity index (χ2n) is 7.20. The molecule has 1 unspecified atom stereocenters. The van der Waals surface area contributed by atoms with Crippen LogP contribution in [0.15, 0.2) is 60.7 Å². The lowest BCUT2D eigenvalue weighted by atomic mass is 9.98. The SMILES string of the molecule is COC(=O)CC(N)c1ccc(OCc2cccc(-c3cccc(Cl)c3C)c2)cc1C=O. The van der Waals surface area contributed by atoms with Gasteiger partial charge in [0.25, 0.3) is 0 Å². The fraction of sp³-hybridized carbons (Fsp3) is 0.200. The summed E-state index contributed by atoms with van der Waals surface area (Å²) in [5.41, 5.74) is 11.1. The zero-order valence-electron chi connectivity index (χ0n) is 17.4. The molecular weight excluding hydrogens is 414 g/mol. The molecule has 0 aromatic heterocycles. The summed E-state index contributed by atoms with van der Waals surface area (Å²) in [6, 6.07) is 18.3. The highest BCUT2D eigenvalue weighted by Gasteiger charge is 2.16. The van der Waals surface area contributed by atoms with E-state index in [1.165, 1.54) is 7.11 Å². The monoisotopic (exact) mass is 437 g/mol. The van der Waals surface area contributed by atoms with Crippen LogP contribution in [-0.4, -0.2) is 19.4 Å². The van der Waals surface area contributed by atoms with E-state index >= 15 is 0 Å². The number of rotatable bonds is 8. The Balaban J connectivity index is 1.75. The van der Waals surface area contributed by atoms with Crippen LogP contribution in [-0.2, 0) is 16.1 Å². The third kappa shape index (κ3) is 5.51. The maximum atomic E-state index is 11.5. The lowest BCUT2D eigenvalue weighted by molar-refractivity contribution is -0.141. The number of esters is 1. The minimum Gasteiger partial charge on any atom is -0.489 e. The zero-order valence-corrected chi connectivity index (χ0v) is 18.2. The summed E-state index contributed by atoms with van der Waals surface area (Å²) in [6.45, 7) is 2.33. The summed E-state index contributed by atoms with van der Waals surface area (Å²) in [4.78, 5) is 23.0. The van der Waals surface area contributed by atoms with Gasteiger partial charge < -0.3 is 15.2 Å². The first-order valence-electron chi connectivity index (χ1n) is 9.81. The van der Waals surface area contributed by atoms with Gasteiger partial charge >= 0.3 is 5.97 Å². The van der Waals surface area contributed by atoms with Gasteiger partial charge in [-0.05, 0) is 59.0 Å². The van der Waals surface area contributed by atoms with Crippen molar-refractivity contribution in [2.24, 2.45) is 5.73 Å². The van der Waals surface area contributed by atoms with E-state index in [0.29, 0.717) is 29.8 Å². The van der Waals surface area contributed by atoms with Gasteiger partial charge in [-0.15, -0.1) is 0 Å². The number of hydrogen-bond acceptors (Lipinski definition) is 5. The summed E-state index contributed by atoms with van der Waals surface area (Å²) in [5, 5.41) is 0.728. The van der Waals surface area contributed by atoms with E-state index in [0.717, 1.165) is 27.3 Å². The second-order valence-corrected chi connectivity index (χ2v) is 7.60. The molecule has 6 heteroatoms. The van der Waals surface area contributed by atoms with Gasteiger partial charge in [0.1, 0.15) is 12.4 Å². The van der Waals surface area contributed by atoms with Gasteiger partial charge in [0, 0.05) is 16.6 Å². The molecule has 31 heavy (non-hydrogen) atoms. The fourth-order valence-corrected chi connectivity index (χ4v) is 3.55. The molecule has 0 aliphatic heterocycles. The summed E-state index contributed by atoms with van der Waals surface area (Å²) in [5.74, 6) is 0.111. The van der Waals surface area contributed by atoms with Gasteiger partial charge in [-0.25, -0.2) is 0 Å². The molecule has 1 atom stereocenters. The molecule has 0 amide bonds. The predicted molar refractivity (Wildman–Crippen MR) is 121 cm³/mol. The number of ether oxygens (including phenoxy) is 2. The second kappa shape index (κ2) is 10.2. The van der Waals surface area contributed by atoms with Crippen LogP contribution in [0, 0.1) is 6.92 Å². The van der Waals surface area contributed by atoms with Gasteiger partial charge in [-0.1, -0.05) is 48.0 Å². The number of carbonyl (C=O) groups excluding carboxylic acids is 2. The average molecular weight is 438 g/mol. The molecule has 2 N–H and O–H groups in total. The molecule has 0 aliphatic carbocycles. The molecule has 0 saturated carbocycles. The molecule has 5 nitrogen and oxygen atoms in total. The fourth-order valence-electron chi connectivity index (χ4n) is 3.37. The first-order chi connectivity index (χ1) is 14.9. The van der Waals surface area contributed by atoms with Crippen molar-refractivity contribution in [1.29, 1.82) is 0 Å². The van der Waals surface area contributed by atoms with Crippen molar-refractivity contribution >= 4 is 23.9 Å². The number of halogens is 1. The normalized spacial score (nSPS) is 11.6. The van der Waals surface area contributed by atoms with Gasteiger partial charge in [-0.3, -0.25) is 9.59 Å². The molecule has 3 aromatic carbocycles. The molecule has 160 valence electrons. The minimum absolute atomic E-state index is 0.00669. The van der Waals surface area contributed by atoms with Gasteiger partial charge in [0.15, 0.2) is 6.29 Å². The number of carbonyl (C=O) groups is 2. The Hall–Kier alpha value is -3.15. The standard InChI is InChI=1S/C25H24ClNO4/c1-16-21(7-4-8-23(16)26)18-6-3-5-17(11-18)15-31-20-9-10-22(19(12-20)14-28)24(27)13-25(29)30-2/h3-12,14,24H,13,15,27H2,1-2H3. The number of nitrogens with two attached hydrogens (primary N) is 1. The van der Waals surface area contributed by atoms with E-state index in [1.54, 1.807) is 18.2 Å². The minimum atomic E-state index is -0.626. The first kappa shape index (κ1) is 22.5. The van der Waals surface area contributed by atoms with Crippen molar-refractivity contribution in [2.45, 2.75) is 26.0 Å². The van der Waals surface area contributed by atoms with Crippen LogP contribution in [0.5, 0.6) is 5.75 Å². The average Bonchev–Trinajstić information content (AvgIpc) is 2.79. The molecule has 0 radical (unpaired) electrons. The Morgan fingerprint density at radius 2 is 1.90 bits per heavy atom. The maximum Gasteiger partial charge on any atom is 0.307 e. The van der Waals surface area contributed by atoms with Crippen LogP contribution in [0.4, 0.5) is 0 Å². The van der Waals surface area contributed by atoms with Crippen molar-refractivity contribution in [2.75, 3.05) is 7.11 Å². The van der Waals surface area contributed by atoms with Gasteiger partial charge in [-0.2, -0.15) is 0 Å². The number of benzene rings is 3. The van der Waals surface area contributed by atoms with Crippen molar-refractivity contribution < 1.29 is 19.1 Å². The Bertz CT molecular complexity index is 1100. The summed E-state index contributed by atoms with van der Waals surface area (Å²) < 4.78 is 10.5. The van der Waals surface area contributed by atoms with Crippen LogP contribution in [0.25, 0.3) is 11.1 Å². The van der Waals surface area contributed by atoms with E-state index in [2.05, 4.69) is 10.8 Å². The van der Waals surface area contributed by atoms with Crippen LogP contribution in [0.3, 0.4) is 0 Å². The smallest absolute Gasteiger partial charge is 0.307 e. The third-order valence-corrected chi connectivity index (χ3v) is 5.52. The molecule has 0 bridgehead atoms. The van der Waals surface area contributed by atoms with E-state index in [4.69, 9.17) is 22.1 Å². The van der Waals surface area contributed by atoms with E-state index in [-0.39, 0.29) is 6.42 Å². The van der Waals surface area contributed by atoms with E-state index < -0.39 is 12.0 Å². The van der Waals surface area contributed by atoms with Crippen molar-refractivity contribution in [1.82, 2.24) is 0 Å².